The number of fused-ring (bicyclic) bond motifs is 1. The highest BCUT2D eigenvalue weighted by Crippen LogP contribution is 2.24. The Balaban J connectivity index is 1.28. The van der Waals surface area contributed by atoms with Crippen LogP contribution in [0.25, 0.3) is 10.9 Å². The third-order valence-corrected chi connectivity index (χ3v) is 4.97. The molecule has 1 aromatic carbocycles. The maximum atomic E-state index is 5.92. The summed E-state index contributed by atoms with van der Waals surface area (Å²) < 4.78 is 17.2. The number of nitrogens with zero attached hydrogens (tertiary/aromatic N) is 2. The van der Waals surface area contributed by atoms with Crippen molar-refractivity contribution in [2.75, 3.05) is 20.3 Å². The lowest BCUT2D eigenvalue weighted by atomic mass is 10.0. The zero-order valence-electron chi connectivity index (χ0n) is 16.0. The third-order valence-electron chi connectivity index (χ3n) is 4.97. The van der Waals surface area contributed by atoms with Crippen LogP contribution < -0.4 is 10.1 Å². The van der Waals surface area contributed by atoms with Crippen LogP contribution in [0.5, 0.6) is 5.75 Å². The van der Waals surface area contributed by atoms with Gasteiger partial charge in [0.25, 0.3) is 0 Å². The van der Waals surface area contributed by atoms with Crippen molar-refractivity contribution in [2.24, 2.45) is 0 Å². The van der Waals surface area contributed by atoms with Crippen molar-refractivity contribution in [1.82, 2.24) is 15.3 Å². The van der Waals surface area contributed by atoms with Crippen LogP contribution in [0.1, 0.15) is 17.5 Å². The molecule has 3 aromatic rings. The summed E-state index contributed by atoms with van der Waals surface area (Å²) in [5, 5.41) is 4.58. The monoisotopic (exact) mass is 379 g/mol. The quantitative estimate of drug-likeness (QED) is 0.681. The van der Waals surface area contributed by atoms with E-state index in [0.29, 0.717) is 13.2 Å². The predicted octanol–water partition coefficient (Wildman–Crippen LogP) is 3.10. The van der Waals surface area contributed by atoms with Gasteiger partial charge in [-0.3, -0.25) is 9.97 Å². The molecule has 0 unspecified atom stereocenters. The highest BCUT2D eigenvalue weighted by molar-refractivity contribution is 5.83. The maximum absolute atomic E-state index is 5.92. The molecule has 146 valence electrons. The van der Waals surface area contributed by atoms with Crippen molar-refractivity contribution in [3.63, 3.8) is 0 Å². The zero-order chi connectivity index (χ0) is 19.2. The molecule has 0 spiro atoms. The van der Waals surface area contributed by atoms with Gasteiger partial charge in [0.15, 0.2) is 6.29 Å². The number of benzene rings is 1. The Kier molecular flexibility index (Phi) is 6.11. The van der Waals surface area contributed by atoms with Crippen molar-refractivity contribution in [1.29, 1.82) is 0 Å². The molecule has 1 fully saturated rings. The average molecular weight is 379 g/mol. The molecule has 6 heteroatoms. The number of methoxy groups -OCH3 is 1. The highest BCUT2D eigenvalue weighted by Gasteiger charge is 2.22. The Morgan fingerprint density at radius 3 is 2.82 bits per heavy atom. The summed E-state index contributed by atoms with van der Waals surface area (Å²) in [6, 6.07) is 12.2. The summed E-state index contributed by atoms with van der Waals surface area (Å²) in [7, 11) is 1.68. The highest BCUT2D eigenvalue weighted by atomic mass is 16.7. The van der Waals surface area contributed by atoms with E-state index in [4.69, 9.17) is 14.2 Å². The molecule has 1 aliphatic rings. The fourth-order valence-corrected chi connectivity index (χ4v) is 3.39. The summed E-state index contributed by atoms with van der Waals surface area (Å²) in [5.41, 5.74) is 3.36. The minimum absolute atomic E-state index is 0.176. The van der Waals surface area contributed by atoms with Crippen LogP contribution >= 0.6 is 0 Å². The van der Waals surface area contributed by atoms with E-state index in [1.54, 1.807) is 13.3 Å². The van der Waals surface area contributed by atoms with E-state index in [1.807, 2.05) is 36.7 Å². The first-order valence-corrected chi connectivity index (χ1v) is 9.59. The summed E-state index contributed by atoms with van der Waals surface area (Å²) in [4.78, 5) is 8.57. The van der Waals surface area contributed by atoms with E-state index < -0.39 is 0 Å². The van der Waals surface area contributed by atoms with Crippen LogP contribution in [0.3, 0.4) is 0 Å². The first kappa shape index (κ1) is 18.8. The molecule has 2 aromatic heterocycles. The van der Waals surface area contributed by atoms with Crippen molar-refractivity contribution in [2.45, 2.75) is 31.7 Å². The van der Waals surface area contributed by atoms with Crippen molar-refractivity contribution in [3.8, 4) is 5.75 Å². The second-order valence-electron chi connectivity index (χ2n) is 6.93. The number of pyridine rings is 2. The fraction of sp³-hybridized carbons (Fsp3) is 0.364. The zero-order valence-corrected chi connectivity index (χ0v) is 16.0. The summed E-state index contributed by atoms with van der Waals surface area (Å²) in [6.07, 6.45) is 7.00. The van der Waals surface area contributed by atoms with E-state index in [1.165, 1.54) is 5.56 Å². The molecule has 28 heavy (non-hydrogen) atoms. The van der Waals surface area contributed by atoms with Gasteiger partial charge >= 0.3 is 0 Å². The molecule has 1 N–H and O–H groups in total. The van der Waals surface area contributed by atoms with Gasteiger partial charge in [-0.1, -0.05) is 6.07 Å². The molecule has 0 radical (unpaired) electrons. The van der Waals surface area contributed by atoms with Gasteiger partial charge in [0, 0.05) is 36.9 Å². The molecular weight excluding hydrogens is 354 g/mol. The van der Waals surface area contributed by atoms with E-state index >= 15 is 0 Å². The molecule has 0 bridgehead atoms. The second-order valence-corrected chi connectivity index (χ2v) is 6.93. The number of aromatic nitrogens is 2. The van der Waals surface area contributed by atoms with Crippen LogP contribution in [0.4, 0.5) is 0 Å². The van der Waals surface area contributed by atoms with Gasteiger partial charge in [-0.15, -0.1) is 0 Å². The fourth-order valence-electron chi connectivity index (χ4n) is 3.39. The van der Waals surface area contributed by atoms with Crippen LogP contribution in [-0.2, 0) is 22.4 Å². The lowest BCUT2D eigenvalue weighted by molar-refractivity contribution is -0.192. The predicted molar refractivity (Wildman–Crippen MR) is 107 cm³/mol. The number of aryl methyl sites for hydroxylation is 1. The van der Waals surface area contributed by atoms with Crippen LogP contribution in [0, 0.1) is 0 Å². The lowest BCUT2D eigenvalue weighted by Crippen LogP contribution is -2.44. The number of nitrogens with one attached hydrogen (secondary N) is 1. The summed E-state index contributed by atoms with van der Waals surface area (Å²) in [5.74, 6) is 0.842. The van der Waals surface area contributed by atoms with Gasteiger partial charge in [0.2, 0.25) is 0 Å². The molecule has 4 rings (SSSR count). The minimum atomic E-state index is -0.176. The molecule has 6 nitrogen and oxygen atoms in total. The lowest BCUT2D eigenvalue weighted by Gasteiger charge is -2.30. The Labute approximate surface area is 164 Å². The van der Waals surface area contributed by atoms with E-state index in [2.05, 4.69) is 27.4 Å². The normalized spacial score (nSPS) is 19.6. The van der Waals surface area contributed by atoms with Gasteiger partial charge in [-0.25, -0.2) is 0 Å². The molecule has 1 aliphatic heterocycles. The first-order valence-electron chi connectivity index (χ1n) is 9.59. The Bertz CT molecular complexity index is 896. The Morgan fingerprint density at radius 1 is 1.14 bits per heavy atom. The molecule has 0 aliphatic carbocycles. The van der Waals surface area contributed by atoms with Gasteiger partial charge in [-0.05, 0) is 47.9 Å². The van der Waals surface area contributed by atoms with Crippen molar-refractivity contribution >= 4 is 10.9 Å². The van der Waals surface area contributed by atoms with Crippen LogP contribution in [-0.4, -0.2) is 42.6 Å². The summed E-state index contributed by atoms with van der Waals surface area (Å²) >= 11 is 0. The molecule has 3 heterocycles. The van der Waals surface area contributed by atoms with E-state index in [-0.39, 0.29) is 12.3 Å². The molecule has 1 saturated heterocycles. The standard InChI is InChI=1S/C22H25N3O3/c1-26-19-5-6-21-20(11-19)17(8-10-24-21)4-7-22-27-14-18(15-28-22)25-13-16-3-2-9-23-12-16/h2-3,5-6,8-12,18,22,25H,4,7,13-15H2,1H3/t18-,22-. The minimum Gasteiger partial charge on any atom is -0.497 e. The van der Waals surface area contributed by atoms with E-state index in [9.17, 15) is 0 Å². The Morgan fingerprint density at radius 2 is 2.04 bits per heavy atom. The Hall–Kier alpha value is -2.54. The van der Waals surface area contributed by atoms with Crippen molar-refractivity contribution < 1.29 is 14.2 Å². The second kappa shape index (κ2) is 9.10. The van der Waals surface area contributed by atoms with Gasteiger partial charge < -0.3 is 19.5 Å². The number of rotatable bonds is 7. The smallest absolute Gasteiger partial charge is 0.158 e. The third kappa shape index (κ3) is 4.65. The largest absolute Gasteiger partial charge is 0.497 e. The van der Waals surface area contributed by atoms with Gasteiger partial charge in [-0.2, -0.15) is 0 Å². The van der Waals surface area contributed by atoms with E-state index in [0.717, 1.165) is 41.6 Å². The number of hydrogen-bond acceptors (Lipinski definition) is 6. The van der Waals surface area contributed by atoms with Gasteiger partial charge in [0.05, 0.1) is 31.9 Å². The number of ether oxygens (including phenoxy) is 3. The molecular formula is C22H25N3O3. The topological polar surface area (TPSA) is 65.5 Å². The van der Waals surface area contributed by atoms with Crippen LogP contribution in [0.2, 0.25) is 0 Å². The van der Waals surface area contributed by atoms with Crippen molar-refractivity contribution in [3.05, 3.63) is 66.1 Å². The number of hydrogen-bond donors (Lipinski definition) is 1. The molecule has 0 atom stereocenters. The average Bonchev–Trinajstić information content (AvgIpc) is 2.77. The van der Waals surface area contributed by atoms with Gasteiger partial charge in [0.1, 0.15) is 5.75 Å². The summed E-state index contributed by atoms with van der Waals surface area (Å²) in [6.45, 7) is 2.06. The molecule has 0 saturated carbocycles. The first-order chi connectivity index (χ1) is 13.8. The SMILES string of the molecule is COc1ccc2nccc(CC[C@H]3OC[C@H](NCc4cccnc4)CO3)c2c1. The molecule has 0 amide bonds. The maximum Gasteiger partial charge on any atom is 0.158 e. The van der Waals surface area contributed by atoms with Crippen LogP contribution in [0.15, 0.2) is 55.0 Å².